The predicted octanol–water partition coefficient (Wildman–Crippen LogP) is 3.20. The molecule has 0 radical (unpaired) electrons. The summed E-state index contributed by atoms with van der Waals surface area (Å²) in [6.07, 6.45) is 8.97. The summed E-state index contributed by atoms with van der Waals surface area (Å²) in [5.41, 5.74) is 5.44. The van der Waals surface area contributed by atoms with E-state index in [0.717, 1.165) is 28.1 Å². The molecule has 8 nitrogen and oxygen atoms in total. The van der Waals surface area contributed by atoms with E-state index in [1.165, 1.54) is 0 Å². The standard InChI is InChI=1S/C22H23N7O/c1-15-10-16(4-5-17(15)11-24-21(30)18-7-9-28(2)13-18)20-6-8-23-22(27-20)26-19-12-25-29(3)14-19/h4-10,12-14H,11H2,1-3H3,(H,24,30)(H,23,26,27). The van der Waals surface area contributed by atoms with Gasteiger partial charge in [0.1, 0.15) is 0 Å². The lowest BCUT2D eigenvalue weighted by atomic mass is 10.0. The highest BCUT2D eigenvalue weighted by Crippen LogP contribution is 2.22. The quantitative estimate of drug-likeness (QED) is 0.518. The Hall–Kier alpha value is -3.94. The van der Waals surface area contributed by atoms with E-state index in [4.69, 9.17) is 0 Å². The summed E-state index contributed by atoms with van der Waals surface area (Å²) in [6.45, 7) is 2.50. The van der Waals surface area contributed by atoms with Crippen LogP contribution < -0.4 is 10.6 Å². The zero-order valence-corrected chi connectivity index (χ0v) is 17.1. The van der Waals surface area contributed by atoms with Crippen LogP contribution in [0.25, 0.3) is 11.3 Å². The lowest BCUT2D eigenvalue weighted by Crippen LogP contribution is -2.22. The summed E-state index contributed by atoms with van der Waals surface area (Å²) in [6, 6.07) is 9.78. The lowest BCUT2D eigenvalue weighted by molar-refractivity contribution is 0.0951. The number of hydrogen-bond donors (Lipinski definition) is 2. The molecule has 30 heavy (non-hydrogen) atoms. The fraction of sp³-hybridized carbons (Fsp3) is 0.182. The SMILES string of the molecule is Cc1cc(-c2ccnc(Nc3cnn(C)c3)n2)ccc1CNC(=O)c1ccn(C)c1. The molecule has 1 aromatic carbocycles. The van der Waals surface area contributed by atoms with E-state index in [1.54, 1.807) is 29.3 Å². The first kappa shape index (κ1) is 19.4. The summed E-state index contributed by atoms with van der Waals surface area (Å²) in [5, 5.41) is 10.3. The average Bonchev–Trinajstić information content (AvgIpc) is 3.35. The van der Waals surface area contributed by atoms with Gasteiger partial charge in [0.15, 0.2) is 0 Å². The van der Waals surface area contributed by atoms with Crippen LogP contribution in [0.2, 0.25) is 0 Å². The van der Waals surface area contributed by atoms with Crippen LogP contribution in [0.15, 0.2) is 61.3 Å². The Bertz CT molecular complexity index is 1190. The maximum atomic E-state index is 12.3. The van der Waals surface area contributed by atoms with Gasteiger partial charge in [-0.25, -0.2) is 9.97 Å². The fourth-order valence-electron chi connectivity index (χ4n) is 3.16. The largest absolute Gasteiger partial charge is 0.356 e. The molecule has 152 valence electrons. The van der Waals surface area contributed by atoms with Crippen molar-refractivity contribution in [3.8, 4) is 11.3 Å². The average molecular weight is 401 g/mol. The molecule has 4 aromatic rings. The molecule has 0 aliphatic rings. The zero-order valence-electron chi connectivity index (χ0n) is 17.1. The second-order valence-corrected chi connectivity index (χ2v) is 7.18. The predicted molar refractivity (Wildman–Crippen MR) is 115 cm³/mol. The minimum Gasteiger partial charge on any atom is -0.356 e. The van der Waals surface area contributed by atoms with E-state index in [9.17, 15) is 4.79 Å². The lowest BCUT2D eigenvalue weighted by Gasteiger charge is -2.10. The maximum absolute atomic E-state index is 12.3. The zero-order chi connectivity index (χ0) is 21.1. The second kappa shape index (κ2) is 8.20. The number of hydrogen-bond acceptors (Lipinski definition) is 5. The minimum absolute atomic E-state index is 0.0824. The van der Waals surface area contributed by atoms with Crippen molar-refractivity contribution in [2.45, 2.75) is 13.5 Å². The van der Waals surface area contributed by atoms with E-state index >= 15 is 0 Å². The number of carbonyl (C=O) groups excluding carboxylic acids is 1. The fourth-order valence-corrected chi connectivity index (χ4v) is 3.16. The number of nitrogens with zero attached hydrogens (tertiary/aromatic N) is 5. The monoisotopic (exact) mass is 401 g/mol. The van der Waals surface area contributed by atoms with Gasteiger partial charge in [-0.15, -0.1) is 0 Å². The molecular weight excluding hydrogens is 378 g/mol. The van der Waals surface area contributed by atoms with Crippen LogP contribution in [0.1, 0.15) is 21.5 Å². The van der Waals surface area contributed by atoms with Crippen LogP contribution in [0.4, 0.5) is 11.6 Å². The van der Waals surface area contributed by atoms with E-state index in [1.807, 2.05) is 56.2 Å². The molecule has 3 aromatic heterocycles. The molecular formula is C22H23N7O. The molecule has 3 heterocycles. The van der Waals surface area contributed by atoms with Crippen LogP contribution >= 0.6 is 0 Å². The van der Waals surface area contributed by atoms with E-state index in [-0.39, 0.29) is 5.91 Å². The number of nitrogens with one attached hydrogen (secondary N) is 2. The first-order chi connectivity index (χ1) is 14.5. The van der Waals surface area contributed by atoms with Crippen LogP contribution in [-0.4, -0.2) is 30.2 Å². The van der Waals surface area contributed by atoms with Crippen LogP contribution in [-0.2, 0) is 20.6 Å². The molecule has 2 N–H and O–H groups in total. The van der Waals surface area contributed by atoms with Crippen molar-refractivity contribution in [2.75, 3.05) is 5.32 Å². The van der Waals surface area contributed by atoms with Crippen molar-refractivity contribution in [1.82, 2.24) is 29.6 Å². The minimum atomic E-state index is -0.0824. The highest BCUT2D eigenvalue weighted by molar-refractivity contribution is 5.94. The van der Waals surface area contributed by atoms with Gasteiger partial charge in [0, 0.05) is 51.0 Å². The van der Waals surface area contributed by atoms with Gasteiger partial charge >= 0.3 is 0 Å². The molecule has 0 unspecified atom stereocenters. The Morgan fingerprint density at radius 2 is 2.00 bits per heavy atom. The smallest absolute Gasteiger partial charge is 0.253 e. The number of carbonyl (C=O) groups is 1. The van der Waals surface area contributed by atoms with Crippen molar-refractivity contribution in [3.63, 3.8) is 0 Å². The number of benzene rings is 1. The molecule has 0 fully saturated rings. The molecule has 0 aliphatic carbocycles. The van der Waals surface area contributed by atoms with Gasteiger partial charge in [0.05, 0.1) is 23.1 Å². The molecule has 0 aliphatic heterocycles. The van der Waals surface area contributed by atoms with Gasteiger partial charge in [-0.05, 0) is 36.2 Å². The van der Waals surface area contributed by atoms with Crippen LogP contribution in [0.3, 0.4) is 0 Å². The van der Waals surface area contributed by atoms with Gasteiger partial charge in [-0.2, -0.15) is 5.10 Å². The van der Waals surface area contributed by atoms with E-state index in [0.29, 0.717) is 18.1 Å². The van der Waals surface area contributed by atoms with Crippen molar-refractivity contribution >= 4 is 17.5 Å². The molecule has 1 amide bonds. The number of aryl methyl sites for hydroxylation is 3. The summed E-state index contributed by atoms with van der Waals surface area (Å²) < 4.78 is 3.57. The number of rotatable bonds is 6. The van der Waals surface area contributed by atoms with Crippen molar-refractivity contribution in [1.29, 1.82) is 0 Å². The summed E-state index contributed by atoms with van der Waals surface area (Å²) in [5.74, 6) is 0.429. The molecule has 0 saturated carbocycles. The summed E-state index contributed by atoms with van der Waals surface area (Å²) >= 11 is 0. The van der Waals surface area contributed by atoms with Gasteiger partial charge < -0.3 is 15.2 Å². The van der Waals surface area contributed by atoms with Crippen LogP contribution in [0.5, 0.6) is 0 Å². The van der Waals surface area contributed by atoms with Gasteiger partial charge in [0.25, 0.3) is 5.91 Å². The van der Waals surface area contributed by atoms with Crippen molar-refractivity contribution in [3.05, 3.63) is 78.0 Å². The Labute approximate surface area is 174 Å². The number of anilines is 2. The first-order valence-corrected chi connectivity index (χ1v) is 9.57. The summed E-state index contributed by atoms with van der Waals surface area (Å²) in [4.78, 5) is 21.1. The number of aromatic nitrogens is 5. The third-order valence-electron chi connectivity index (χ3n) is 4.79. The van der Waals surface area contributed by atoms with Crippen molar-refractivity contribution in [2.24, 2.45) is 14.1 Å². The second-order valence-electron chi connectivity index (χ2n) is 7.18. The molecule has 0 atom stereocenters. The number of amides is 1. The van der Waals surface area contributed by atoms with Gasteiger partial charge in [-0.3, -0.25) is 9.48 Å². The third kappa shape index (κ3) is 4.38. The Balaban J connectivity index is 1.46. The van der Waals surface area contributed by atoms with E-state index in [2.05, 4.69) is 31.8 Å². The normalized spacial score (nSPS) is 10.8. The van der Waals surface area contributed by atoms with Crippen molar-refractivity contribution < 1.29 is 4.79 Å². The summed E-state index contributed by atoms with van der Waals surface area (Å²) in [7, 11) is 3.75. The molecule has 0 saturated heterocycles. The highest BCUT2D eigenvalue weighted by atomic mass is 16.1. The molecule has 8 heteroatoms. The van der Waals surface area contributed by atoms with E-state index < -0.39 is 0 Å². The Morgan fingerprint density at radius 3 is 2.70 bits per heavy atom. The highest BCUT2D eigenvalue weighted by Gasteiger charge is 2.09. The molecule has 4 rings (SSSR count). The molecule has 0 spiro atoms. The molecule has 0 bridgehead atoms. The van der Waals surface area contributed by atoms with Crippen LogP contribution in [0, 0.1) is 6.92 Å². The Kier molecular flexibility index (Phi) is 5.30. The van der Waals surface area contributed by atoms with Gasteiger partial charge in [-0.1, -0.05) is 12.1 Å². The topological polar surface area (TPSA) is 89.7 Å². The first-order valence-electron chi connectivity index (χ1n) is 9.57. The maximum Gasteiger partial charge on any atom is 0.253 e. The van der Waals surface area contributed by atoms with Gasteiger partial charge in [0.2, 0.25) is 5.95 Å². The Morgan fingerprint density at radius 1 is 1.13 bits per heavy atom. The third-order valence-corrected chi connectivity index (χ3v) is 4.79.